The monoisotopic (exact) mass is 267 g/mol. The van der Waals surface area contributed by atoms with E-state index < -0.39 is 0 Å². The van der Waals surface area contributed by atoms with Crippen molar-refractivity contribution < 1.29 is 4.79 Å². The van der Waals surface area contributed by atoms with Gasteiger partial charge in [0.25, 0.3) is 0 Å². The Kier molecular flexibility index (Phi) is 6.81. The van der Waals surface area contributed by atoms with E-state index in [1.165, 1.54) is 5.56 Å². The van der Waals surface area contributed by atoms with Crippen LogP contribution in [0.3, 0.4) is 0 Å². The standard InChI is InChI=1S/C15H22ClNO/c1-3-4-10-17(11-9-16)15(18)12-14-7-5-13(2)6-8-14/h5-8H,3-4,9-12H2,1-2H3. The van der Waals surface area contributed by atoms with E-state index in [9.17, 15) is 4.79 Å². The van der Waals surface area contributed by atoms with Crippen molar-refractivity contribution in [3.63, 3.8) is 0 Å². The highest BCUT2D eigenvalue weighted by atomic mass is 35.5. The molecule has 0 aromatic heterocycles. The van der Waals surface area contributed by atoms with Crippen molar-refractivity contribution in [1.29, 1.82) is 0 Å². The number of hydrogen-bond acceptors (Lipinski definition) is 1. The van der Waals surface area contributed by atoms with Gasteiger partial charge in [-0.25, -0.2) is 0 Å². The summed E-state index contributed by atoms with van der Waals surface area (Å²) in [6, 6.07) is 8.12. The van der Waals surface area contributed by atoms with Crippen molar-refractivity contribution in [2.45, 2.75) is 33.1 Å². The summed E-state index contributed by atoms with van der Waals surface area (Å²) in [7, 11) is 0. The van der Waals surface area contributed by atoms with Gasteiger partial charge >= 0.3 is 0 Å². The molecule has 0 aliphatic heterocycles. The van der Waals surface area contributed by atoms with Crippen LogP contribution in [0.2, 0.25) is 0 Å². The minimum Gasteiger partial charge on any atom is -0.341 e. The maximum Gasteiger partial charge on any atom is 0.227 e. The number of nitrogens with zero attached hydrogens (tertiary/aromatic N) is 1. The van der Waals surface area contributed by atoms with Crippen LogP contribution in [0.15, 0.2) is 24.3 Å². The number of benzene rings is 1. The number of amides is 1. The molecular formula is C15H22ClNO. The minimum atomic E-state index is 0.174. The Balaban J connectivity index is 2.57. The minimum absolute atomic E-state index is 0.174. The van der Waals surface area contributed by atoms with Gasteiger partial charge in [-0.3, -0.25) is 4.79 Å². The lowest BCUT2D eigenvalue weighted by Gasteiger charge is -2.21. The summed E-state index contributed by atoms with van der Waals surface area (Å²) >= 11 is 5.75. The lowest BCUT2D eigenvalue weighted by molar-refractivity contribution is -0.130. The molecule has 0 radical (unpaired) electrons. The molecule has 0 atom stereocenters. The fraction of sp³-hybridized carbons (Fsp3) is 0.533. The number of hydrogen-bond donors (Lipinski definition) is 0. The molecule has 1 rings (SSSR count). The molecule has 3 heteroatoms. The Hall–Kier alpha value is -1.02. The van der Waals surface area contributed by atoms with Crippen LogP contribution in [0.1, 0.15) is 30.9 Å². The highest BCUT2D eigenvalue weighted by molar-refractivity contribution is 6.18. The summed E-state index contributed by atoms with van der Waals surface area (Å²) in [5.41, 5.74) is 2.29. The third-order valence-corrected chi connectivity index (χ3v) is 3.13. The molecule has 2 nitrogen and oxygen atoms in total. The Morgan fingerprint density at radius 3 is 2.44 bits per heavy atom. The third-order valence-electron chi connectivity index (χ3n) is 2.96. The van der Waals surface area contributed by atoms with E-state index in [1.807, 2.05) is 36.1 Å². The largest absolute Gasteiger partial charge is 0.341 e. The zero-order chi connectivity index (χ0) is 13.4. The second-order valence-electron chi connectivity index (χ2n) is 4.59. The molecule has 1 amide bonds. The van der Waals surface area contributed by atoms with Gasteiger partial charge in [0.05, 0.1) is 6.42 Å². The first kappa shape index (κ1) is 15.0. The van der Waals surface area contributed by atoms with Gasteiger partial charge in [-0.15, -0.1) is 11.6 Å². The van der Waals surface area contributed by atoms with Gasteiger partial charge in [-0.1, -0.05) is 43.2 Å². The summed E-state index contributed by atoms with van der Waals surface area (Å²) in [5, 5.41) is 0. The molecule has 0 unspecified atom stereocenters. The van der Waals surface area contributed by atoms with E-state index in [4.69, 9.17) is 11.6 Å². The second-order valence-corrected chi connectivity index (χ2v) is 4.96. The first-order valence-corrected chi connectivity index (χ1v) is 7.10. The van der Waals surface area contributed by atoms with Crippen LogP contribution in [0.5, 0.6) is 0 Å². The first-order chi connectivity index (χ1) is 8.67. The summed E-state index contributed by atoms with van der Waals surface area (Å²) < 4.78 is 0. The van der Waals surface area contributed by atoms with E-state index in [0.717, 1.165) is 24.9 Å². The van der Waals surface area contributed by atoms with Gasteiger partial charge in [-0.2, -0.15) is 0 Å². The van der Waals surface area contributed by atoms with Gasteiger partial charge in [0.2, 0.25) is 5.91 Å². The zero-order valence-electron chi connectivity index (χ0n) is 11.3. The highest BCUT2D eigenvalue weighted by Crippen LogP contribution is 2.07. The smallest absolute Gasteiger partial charge is 0.227 e. The fourth-order valence-corrected chi connectivity index (χ4v) is 2.01. The molecule has 0 bridgehead atoms. The van der Waals surface area contributed by atoms with Gasteiger partial charge in [-0.05, 0) is 18.9 Å². The van der Waals surface area contributed by atoms with Crippen LogP contribution >= 0.6 is 11.6 Å². The predicted molar refractivity (Wildman–Crippen MR) is 77.1 cm³/mol. The number of carbonyl (C=O) groups excluding carboxylic acids is 1. The van der Waals surface area contributed by atoms with E-state index in [2.05, 4.69) is 6.92 Å². The van der Waals surface area contributed by atoms with Crippen molar-refractivity contribution >= 4 is 17.5 Å². The van der Waals surface area contributed by atoms with Crippen LogP contribution < -0.4 is 0 Å². The van der Waals surface area contributed by atoms with Crippen molar-refractivity contribution in [3.8, 4) is 0 Å². The van der Waals surface area contributed by atoms with E-state index >= 15 is 0 Å². The van der Waals surface area contributed by atoms with E-state index in [0.29, 0.717) is 18.8 Å². The molecule has 0 saturated carbocycles. The molecule has 1 aromatic carbocycles. The third kappa shape index (κ3) is 5.09. The zero-order valence-corrected chi connectivity index (χ0v) is 12.0. The molecule has 18 heavy (non-hydrogen) atoms. The van der Waals surface area contributed by atoms with Crippen molar-refractivity contribution in [2.24, 2.45) is 0 Å². The number of carbonyl (C=O) groups is 1. The van der Waals surface area contributed by atoms with Crippen LogP contribution in [-0.4, -0.2) is 29.8 Å². The molecule has 0 aliphatic carbocycles. The predicted octanol–water partition coefficient (Wildman–Crippen LogP) is 3.41. The Bertz CT molecular complexity index is 361. The van der Waals surface area contributed by atoms with Crippen molar-refractivity contribution in [1.82, 2.24) is 4.90 Å². The van der Waals surface area contributed by atoms with Crippen LogP contribution in [0.25, 0.3) is 0 Å². The van der Waals surface area contributed by atoms with Gasteiger partial charge in [0.15, 0.2) is 0 Å². The lowest BCUT2D eigenvalue weighted by Crippen LogP contribution is -2.34. The van der Waals surface area contributed by atoms with Gasteiger partial charge in [0.1, 0.15) is 0 Å². The topological polar surface area (TPSA) is 20.3 Å². The first-order valence-electron chi connectivity index (χ1n) is 6.56. The number of rotatable bonds is 7. The van der Waals surface area contributed by atoms with Gasteiger partial charge < -0.3 is 4.90 Å². The number of halogens is 1. The lowest BCUT2D eigenvalue weighted by atomic mass is 10.1. The quantitative estimate of drug-likeness (QED) is 0.694. The summed E-state index contributed by atoms with van der Waals surface area (Å²) in [5.74, 6) is 0.677. The second kappa shape index (κ2) is 8.15. The van der Waals surface area contributed by atoms with Crippen molar-refractivity contribution in [2.75, 3.05) is 19.0 Å². The van der Waals surface area contributed by atoms with E-state index in [1.54, 1.807) is 0 Å². The SMILES string of the molecule is CCCCN(CCCl)C(=O)Cc1ccc(C)cc1. The Morgan fingerprint density at radius 1 is 1.22 bits per heavy atom. The van der Waals surface area contributed by atoms with Gasteiger partial charge in [0, 0.05) is 19.0 Å². The Morgan fingerprint density at radius 2 is 1.89 bits per heavy atom. The highest BCUT2D eigenvalue weighted by Gasteiger charge is 2.12. The van der Waals surface area contributed by atoms with Crippen LogP contribution in [-0.2, 0) is 11.2 Å². The molecule has 100 valence electrons. The normalized spacial score (nSPS) is 10.4. The maximum atomic E-state index is 12.2. The molecule has 0 fully saturated rings. The molecule has 0 N–H and O–H groups in total. The maximum absolute atomic E-state index is 12.2. The number of unbranched alkanes of at least 4 members (excludes halogenated alkanes) is 1. The summed E-state index contributed by atoms with van der Waals surface area (Å²) in [6.45, 7) is 5.64. The molecule has 0 spiro atoms. The van der Waals surface area contributed by atoms with E-state index in [-0.39, 0.29) is 5.91 Å². The number of alkyl halides is 1. The fourth-order valence-electron chi connectivity index (χ4n) is 1.80. The molecule has 0 saturated heterocycles. The summed E-state index contributed by atoms with van der Waals surface area (Å²) in [4.78, 5) is 14.0. The Labute approximate surface area is 115 Å². The molecule has 1 aromatic rings. The van der Waals surface area contributed by atoms with Crippen LogP contribution in [0.4, 0.5) is 0 Å². The van der Waals surface area contributed by atoms with Crippen LogP contribution in [0, 0.1) is 6.92 Å². The van der Waals surface area contributed by atoms with Crippen molar-refractivity contribution in [3.05, 3.63) is 35.4 Å². The molecule has 0 aliphatic rings. The number of aryl methyl sites for hydroxylation is 1. The average molecular weight is 268 g/mol. The molecular weight excluding hydrogens is 246 g/mol. The molecule has 0 heterocycles. The average Bonchev–Trinajstić information content (AvgIpc) is 2.37. The summed E-state index contributed by atoms with van der Waals surface area (Å²) in [6.07, 6.45) is 2.61.